The average Bonchev–Trinajstić information content (AvgIpc) is 3.16. The molecule has 1 amide bonds. The van der Waals surface area contributed by atoms with Crippen molar-refractivity contribution in [3.05, 3.63) is 39.8 Å². The SMILES string of the molecule is C[C@H]1CCc2c(sc3c2[C@H](c2ccc4c(c2)OCO4)CC(=O)N3)C1. The van der Waals surface area contributed by atoms with E-state index in [0.717, 1.165) is 40.8 Å². The number of ether oxygens (including phenoxy) is 2. The normalized spacial score (nSPS) is 24.3. The van der Waals surface area contributed by atoms with Gasteiger partial charge in [-0.2, -0.15) is 0 Å². The summed E-state index contributed by atoms with van der Waals surface area (Å²) in [6, 6.07) is 6.09. The predicted molar refractivity (Wildman–Crippen MR) is 93.2 cm³/mol. The smallest absolute Gasteiger partial charge is 0.231 e. The van der Waals surface area contributed by atoms with E-state index in [2.05, 4.69) is 18.3 Å². The summed E-state index contributed by atoms with van der Waals surface area (Å²) in [4.78, 5) is 13.7. The Morgan fingerprint density at radius 1 is 1.21 bits per heavy atom. The van der Waals surface area contributed by atoms with Crippen LogP contribution in [0, 0.1) is 5.92 Å². The summed E-state index contributed by atoms with van der Waals surface area (Å²) in [5.41, 5.74) is 3.98. The molecule has 5 rings (SSSR count). The quantitative estimate of drug-likeness (QED) is 0.850. The van der Waals surface area contributed by atoms with E-state index in [-0.39, 0.29) is 18.6 Å². The van der Waals surface area contributed by atoms with Gasteiger partial charge in [-0.05, 0) is 54.0 Å². The molecule has 124 valence electrons. The highest BCUT2D eigenvalue weighted by Gasteiger charge is 2.34. The van der Waals surface area contributed by atoms with Crippen molar-refractivity contribution in [2.75, 3.05) is 12.1 Å². The monoisotopic (exact) mass is 341 g/mol. The van der Waals surface area contributed by atoms with Crippen LogP contribution in [0.2, 0.25) is 0 Å². The second-order valence-electron chi connectivity index (χ2n) is 7.01. The third-order valence-electron chi connectivity index (χ3n) is 5.34. The van der Waals surface area contributed by atoms with E-state index in [1.54, 1.807) is 11.3 Å². The Morgan fingerprint density at radius 3 is 3.00 bits per heavy atom. The summed E-state index contributed by atoms with van der Waals surface area (Å²) in [7, 11) is 0. The molecule has 2 aromatic rings. The van der Waals surface area contributed by atoms with Gasteiger partial charge in [0.1, 0.15) is 0 Å². The van der Waals surface area contributed by atoms with Crippen molar-refractivity contribution < 1.29 is 14.3 Å². The van der Waals surface area contributed by atoms with Gasteiger partial charge in [-0.1, -0.05) is 13.0 Å². The lowest BCUT2D eigenvalue weighted by Crippen LogP contribution is -2.23. The second-order valence-corrected chi connectivity index (χ2v) is 8.12. The predicted octanol–water partition coefficient (Wildman–Crippen LogP) is 4.08. The highest BCUT2D eigenvalue weighted by molar-refractivity contribution is 7.16. The van der Waals surface area contributed by atoms with Crippen LogP contribution in [0.25, 0.3) is 0 Å². The third kappa shape index (κ3) is 2.14. The fourth-order valence-electron chi connectivity index (χ4n) is 4.12. The topological polar surface area (TPSA) is 47.6 Å². The van der Waals surface area contributed by atoms with Gasteiger partial charge in [-0.25, -0.2) is 0 Å². The number of amides is 1. The number of anilines is 1. The Labute approximate surface area is 144 Å². The second kappa shape index (κ2) is 5.24. The summed E-state index contributed by atoms with van der Waals surface area (Å²) in [6.07, 6.45) is 4.00. The van der Waals surface area contributed by atoms with E-state index in [9.17, 15) is 4.79 Å². The molecule has 0 radical (unpaired) electrons. The van der Waals surface area contributed by atoms with Gasteiger partial charge in [0, 0.05) is 17.2 Å². The van der Waals surface area contributed by atoms with Crippen LogP contribution in [0.15, 0.2) is 18.2 Å². The Balaban J connectivity index is 1.62. The molecule has 0 saturated carbocycles. The molecule has 3 aliphatic rings. The third-order valence-corrected chi connectivity index (χ3v) is 6.53. The molecular formula is C19H19NO3S. The molecular weight excluding hydrogens is 322 g/mol. The van der Waals surface area contributed by atoms with Crippen LogP contribution in [0.1, 0.15) is 47.3 Å². The van der Waals surface area contributed by atoms with Crippen LogP contribution in [0.5, 0.6) is 11.5 Å². The molecule has 0 spiro atoms. The van der Waals surface area contributed by atoms with Gasteiger partial charge < -0.3 is 14.8 Å². The highest BCUT2D eigenvalue weighted by atomic mass is 32.1. The van der Waals surface area contributed by atoms with Crippen molar-refractivity contribution in [1.29, 1.82) is 0 Å². The number of hydrogen-bond acceptors (Lipinski definition) is 4. The standard InChI is InChI=1S/C19H19NO3S/c1-10-2-4-12-16(6-10)24-19-18(12)13(8-17(21)20-19)11-3-5-14-15(7-11)23-9-22-14/h3,5,7,10,13H,2,4,6,8-9H2,1H3,(H,20,21)/t10-,13-/m0/s1. The first kappa shape index (κ1) is 14.3. The minimum atomic E-state index is 0.108. The first-order valence-electron chi connectivity index (χ1n) is 8.53. The average molecular weight is 341 g/mol. The Kier molecular flexibility index (Phi) is 3.13. The molecule has 0 fully saturated rings. The van der Waals surface area contributed by atoms with Crippen LogP contribution >= 0.6 is 11.3 Å². The maximum atomic E-state index is 12.3. The van der Waals surface area contributed by atoms with Gasteiger partial charge in [0.2, 0.25) is 12.7 Å². The van der Waals surface area contributed by atoms with E-state index in [1.807, 2.05) is 12.1 Å². The molecule has 1 aromatic heterocycles. The minimum Gasteiger partial charge on any atom is -0.454 e. The van der Waals surface area contributed by atoms with Crippen LogP contribution < -0.4 is 14.8 Å². The summed E-state index contributed by atoms with van der Waals surface area (Å²) in [5.74, 6) is 2.55. The number of carbonyl (C=O) groups is 1. The van der Waals surface area contributed by atoms with E-state index < -0.39 is 0 Å². The van der Waals surface area contributed by atoms with Gasteiger partial charge in [0.25, 0.3) is 0 Å². The lowest BCUT2D eigenvalue weighted by Gasteiger charge is -2.26. The van der Waals surface area contributed by atoms with Crippen molar-refractivity contribution >= 4 is 22.2 Å². The van der Waals surface area contributed by atoms with Gasteiger partial charge in [-0.15, -0.1) is 11.3 Å². The Hall–Kier alpha value is -2.01. The maximum Gasteiger partial charge on any atom is 0.231 e. The Morgan fingerprint density at radius 2 is 2.08 bits per heavy atom. The summed E-state index contributed by atoms with van der Waals surface area (Å²) < 4.78 is 11.0. The molecule has 2 atom stereocenters. The van der Waals surface area contributed by atoms with Crippen molar-refractivity contribution in [3.8, 4) is 11.5 Å². The van der Waals surface area contributed by atoms with Gasteiger partial charge >= 0.3 is 0 Å². The van der Waals surface area contributed by atoms with Gasteiger partial charge in [0.05, 0.1) is 5.00 Å². The number of benzene rings is 1. The molecule has 24 heavy (non-hydrogen) atoms. The maximum absolute atomic E-state index is 12.3. The molecule has 1 aliphatic carbocycles. The molecule has 0 bridgehead atoms. The number of nitrogens with one attached hydrogen (secondary N) is 1. The molecule has 4 nitrogen and oxygen atoms in total. The van der Waals surface area contributed by atoms with Gasteiger partial charge in [0.15, 0.2) is 11.5 Å². The van der Waals surface area contributed by atoms with Crippen molar-refractivity contribution in [2.45, 2.75) is 38.5 Å². The fraction of sp³-hybridized carbons (Fsp3) is 0.421. The summed E-state index contributed by atoms with van der Waals surface area (Å²) in [5, 5.41) is 4.17. The van der Waals surface area contributed by atoms with Crippen molar-refractivity contribution in [3.63, 3.8) is 0 Å². The van der Waals surface area contributed by atoms with Crippen LogP contribution in [0.4, 0.5) is 5.00 Å². The number of hydrogen-bond donors (Lipinski definition) is 1. The number of fused-ring (bicyclic) bond motifs is 4. The first-order chi connectivity index (χ1) is 11.7. The number of thiophene rings is 1. The lowest BCUT2D eigenvalue weighted by molar-refractivity contribution is -0.116. The van der Waals surface area contributed by atoms with Crippen molar-refractivity contribution in [1.82, 2.24) is 0 Å². The van der Waals surface area contributed by atoms with E-state index >= 15 is 0 Å². The van der Waals surface area contributed by atoms with E-state index in [1.165, 1.54) is 22.4 Å². The van der Waals surface area contributed by atoms with Crippen LogP contribution in [-0.4, -0.2) is 12.7 Å². The zero-order valence-corrected chi connectivity index (χ0v) is 14.4. The minimum absolute atomic E-state index is 0.108. The molecule has 0 unspecified atom stereocenters. The van der Waals surface area contributed by atoms with E-state index in [0.29, 0.717) is 6.42 Å². The molecule has 3 heterocycles. The lowest BCUT2D eigenvalue weighted by atomic mass is 9.80. The Bertz CT molecular complexity index is 841. The largest absolute Gasteiger partial charge is 0.454 e. The van der Waals surface area contributed by atoms with Crippen molar-refractivity contribution in [2.24, 2.45) is 5.92 Å². The van der Waals surface area contributed by atoms with Crippen LogP contribution in [0.3, 0.4) is 0 Å². The number of carbonyl (C=O) groups excluding carboxylic acids is 1. The van der Waals surface area contributed by atoms with E-state index in [4.69, 9.17) is 9.47 Å². The zero-order valence-electron chi connectivity index (χ0n) is 13.6. The first-order valence-corrected chi connectivity index (χ1v) is 9.34. The molecule has 1 aromatic carbocycles. The molecule has 1 N–H and O–H groups in total. The fourth-order valence-corrected chi connectivity index (χ4v) is 5.61. The molecule has 2 aliphatic heterocycles. The summed E-state index contributed by atoms with van der Waals surface area (Å²) >= 11 is 1.78. The summed E-state index contributed by atoms with van der Waals surface area (Å²) in [6.45, 7) is 2.59. The molecule has 5 heteroatoms. The number of rotatable bonds is 1. The van der Waals surface area contributed by atoms with Gasteiger partial charge in [-0.3, -0.25) is 4.79 Å². The molecule has 0 saturated heterocycles. The highest BCUT2D eigenvalue weighted by Crippen LogP contribution is 2.49. The van der Waals surface area contributed by atoms with Crippen LogP contribution in [-0.2, 0) is 17.6 Å². The zero-order chi connectivity index (χ0) is 16.3.